The molecule has 0 radical (unpaired) electrons. The Morgan fingerprint density at radius 2 is 2.17 bits per heavy atom. The summed E-state index contributed by atoms with van der Waals surface area (Å²) in [5.41, 5.74) is 4.02. The average Bonchev–Trinajstić information content (AvgIpc) is 2.73. The number of aliphatic carboxylic acids is 1. The number of ether oxygens (including phenoxy) is 1. The Kier molecular flexibility index (Phi) is 4.81. The third kappa shape index (κ3) is 3.41. The van der Waals surface area contributed by atoms with Crippen molar-refractivity contribution >= 4 is 5.97 Å². The predicted molar refractivity (Wildman–Crippen MR) is 91.3 cm³/mol. The molecule has 1 unspecified atom stereocenters. The van der Waals surface area contributed by atoms with Crippen LogP contribution in [0, 0.1) is 13.8 Å². The normalized spacial score (nSPS) is 17.7. The number of benzene rings is 1. The fourth-order valence-corrected chi connectivity index (χ4v) is 3.22. The van der Waals surface area contributed by atoms with E-state index in [-0.39, 0.29) is 0 Å². The van der Waals surface area contributed by atoms with Crippen LogP contribution in [0.5, 0.6) is 5.75 Å². The van der Waals surface area contributed by atoms with Crippen LogP contribution in [-0.4, -0.2) is 40.7 Å². The van der Waals surface area contributed by atoms with Gasteiger partial charge in [-0.1, -0.05) is 24.3 Å². The summed E-state index contributed by atoms with van der Waals surface area (Å²) in [6.07, 6.45) is 2.58. The van der Waals surface area contributed by atoms with Crippen molar-refractivity contribution < 1.29 is 14.6 Å². The van der Waals surface area contributed by atoms with Gasteiger partial charge in [0.15, 0.2) is 0 Å². The van der Waals surface area contributed by atoms with E-state index in [4.69, 9.17) is 4.74 Å². The smallest absolute Gasteiger partial charge is 0.325 e. The highest BCUT2D eigenvalue weighted by molar-refractivity contribution is 5.77. The van der Waals surface area contributed by atoms with Gasteiger partial charge in [-0.15, -0.1) is 0 Å². The van der Waals surface area contributed by atoms with Gasteiger partial charge in [0, 0.05) is 37.0 Å². The summed E-state index contributed by atoms with van der Waals surface area (Å²) in [4.78, 5) is 18.4. The molecule has 1 aliphatic heterocycles. The van der Waals surface area contributed by atoms with Crippen LogP contribution in [0.2, 0.25) is 0 Å². The number of hydrogen-bond donors (Lipinski definition) is 1. The first-order valence-electron chi connectivity index (χ1n) is 8.17. The van der Waals surface area contributed by atoms with E-state index in [9.17, 15) is 9.90 Å². The van der Waals surface area contributed by atoms with Crippen LogP contribution in [0.1, 0.15) is 28.4 Å². The highest BCUT2D eigenvalue weighted by atomic mass is 16.5. The Morgan fingerprint density at radius 3 is 2.92 bits per heavy atom. The molecule has 0 spiro atoms. The van der Waals surface area contributed by atoms with Crippen LogP contribution in [0.15, 0.2) is 36.5 Å². The zero-order valence-corrected chi connectivity index (χ0v) is 14.0. The van der Waals surface area contributed by atoms with Gasteiger partial charge >= 0.3 is 5.97 Å². The Labute approximate surface area is 141 Å². The molecule has 5 nitrogen and oxygen atoms in total. The first-order chi connectivity index (χ1) is 11.6. The van der Waals surface area contributed by atoms with Crippen LogP contribution in [-0.2, 0) is 11.2 Å². The molecule has 126 valence electrons. The summed E-state index contributed by atoms with van der Waals surface area (Å²) < 4.78 is 5.73. The Balaban J connectivity index is 1.82. The lowest BCUT2D eigenvalue weighted by molar-refractivity contribution is -0.143. The quantitative estimate of drug-likeness (QED) is 0.936. The zero-order valence-electron chi connectivity index (χ0n) is 14.0. The van der Waals surface area contributed by atoms with Crippen LogP contribution >= 0.6 is 0 Å². The van der Waals surface area contributed by atoms with Crippen molar-refractivity contribution in [3.8, 4) is 5.75 Å². The molecule has 0 bridgehead atoms. The van der Waals surface area contributed by atoms with E-state index >= 15 is 0 Å². The molecule has 0 fully saturated rings. The Hall–Kier alpha value is -2.40. The summed E-state index contributed by atoms with van der Waals surface area (Å²) >= 11 is 0. The lowest BCUT2D eigenvalue weighted by atomic mass is 10.0. The summed E-state index contributed by atoms with van der Waals surface area (Å²) in [5.74, 6) is -0.182. The van der Waals surface area contributed by atoms with Crippen LogP contribution in [0.4, 0.5) is 0 Å². The Bertz CT molecular complexity index is 745. The molecular formula is C19H22N2O3. The fourth-order valence-electron chi connectivity index (χ4n) is 3.22. The van der Waals surface area contributed by atoms with Gasteiger partial charge in [0.1, 0.15) is 18.4 Å². The van der Waals surface area contributed by atoms with Gasteiger partial charge in [-0.05, 0) is 31.0 Å². The molecule has 1 N–H and O–H groups in total. The van der Waals surface area contributed by atoms with Crippen molar-refractivity contribution in [2.24, 2.45) is 0 Å². The van der Waals surface area contributed by atoms with Gasteiger partial charge in [0.25, 0.3) is 0 Å². The highest BCUT2D eigenvalue weighted by Crippen LogP contribution is 2.32. The molecule has 1 aromatic heterocycles. The van der Waals surface area contributed by atoms with Crippen molar-refractivity contribution in [3.05, 3.63) is 58.9 Å². The summed E-state index contributed by atoms with van der Waals surface area (Å²) in [5, 5.41) is 9.76. The number of pyridine rings is 1. The van der Waals surface area contributed by atoms with E-state index in [1.54, 1.807) is 0 Å². The topological polar surface area (TPSA) is 62.7 Å². The molecular weight excluding hydrogens is 304 g/mol. The maximum atomic E-state index is 11.9. The monoisotopic (exact) mass is 326 g/mol. The standard InChI is InChI=1S/C19H22N2O3/c1-13-11-14(2)16(20-12-13)7-8-21-9-10-24-17-6-4-3-5-15(17)18(21)19(22)23/h3-6,11-12,18H,7-10H2,1-2H3,(H,22,23). The molecule has 3 rings (SSSR count). The number of nitrogens with zero attached hydrogens (tertiary/aromatic N) is 2. The number of rotatable bonds is 4. The maximum absolute atomic E-state index is 11.9. The molecule has 0 saturated carbocycles. The molecule has 2 heterocycles. The molecule has 24 heavy (non-hydrogen) atoms. The number of hydrogen-bond acceptors (Lipinski definition) is 4. The third-order valence-corrected chi connectivity index (χ3v) is 4.41. The second kappa shape index (κ2) is 7.01. The minimum atomic E-state index is -0.846. The average molecular weight is 326 g/mol. The number of para-hydroxylation sites is 1. The van der Waals surface area contributed by atoms with Crippen molar-refractivity contribution in [1.82, 2.24) is 9.88 Å². The lowest BCUT2D eigenvalue weighted by Crippen LogP contribution is -2.36. The predicted octanol–water partition coefficient (Wildman–Crippen LogP) is 2.76. The molecule has 0 aliphatic carbocycles. The van der Waals surface area contributed by atoms with E-state index in [0.717, 1.165) is 28.8 Å². The third-order valence-electron chi connectivity index (χ3n) is 4.41. The van der Waals surface area contributed by atoms with Gasteiger partial charge in [0.05, 0.1) is 0 Å². The number of carbonyl (C=O) groups is 1. The minimum absolute atomic E-state index is 0.487. The number of aryl methyl sites for hydroxylation is 2. The molecule has 1 aromatic carbocycles. The minimum Gasteiger partial charge on any atom is -0.492 e. The maximum Gasteiger partial charge on any atom is 0.325 e. The molecule has 0 amide bonds. The van der Waals surface area contributed by atoms with Crippen LogP contribution in [0.3, 0.4) is 0 Å². The van der Waals surface area contributed by atoms with Gasteiger partial charge in [-0.2, -0.15) is 0 Å². The van der Waals surface area contributed by atoms with Gasteiger partial charge in [-0.25, -0.2) is 0 Å². The number of fused-ring (bicyclic) bond motifs is 1. The fraction of sp³-hybridized carbons (Fsp3) is 0.368. The van der Waals surface area contributed by atoms with Crippen molar-refractivity contribution in [3.63, 3.8) is 0 Å². The summed E-state index contributed by atoms with van der Waals surface area (Å²) in [6, 6.07) is 8.81. The number of carboxylic acid groups (broad SMARTS) is 1. The molecule has 0 saturated heterocycles. The van der Waals surface area contributed by atoms with E-state index in [1.165, 1.54) is 0 Å². The van der Waals surface area contributed by atoms with Gasteiger partial charge in [0.2, 0.25) is 0 Å². The van der Waals surface area contributed by atoms with Crippen molar-refractivity contribution in [2.45, 2.75) is 26.3 Å². The highest BCUT2D eigenvalue weighted by Gasteiger charge is 2.32. The van der Waals surface area contributed by atoms with E-state index in [2.05, 4.69) is 11.1 Å². The molecule has 2 aromatic rings. The molecule has 1 aliphatic rings. The zero-order chi connectivity index (χ0) is 17.1. The van der Waals surface area contributed by atoms with Crippen molar-refractivity contribution in [2.75, 3.05) is 19.7 Å². The Morgan fingerprint density at radius 1 is 1.38 bits per heavy atom. The summed E-state index contributed by atoms with van der Waals surface area (Å²) in [7, 11) is 0. The van der Waals surface area contributed by atoms with Crippen molar-refractivity contribution in [1.29, 1.82) is 0 Å². The van der Waals surface area contributed by atoms with Gasteiger partial charge < -0.3 is 9.84 Å². The largest absolute Gasteiger partial charge is 0.492 e. The number of carboxylic acids is 1. The van der Waals surface area contributed by atoms with Gasteiger partial charge in [-0.3, -0.25) is 14.7 Å². The lowest BCUT2D eigenvalue weighted by Gasteiger charge is -2.26. The van der Waals surface area contributed by atoms with E-state index in [0.29, 0.717) is 25.4 Å². The first-order valence-corrected chi connectivity index (χ1v) is 8.17. The van der Waals surface area contributed by atoms with E-state index in [1.807, 2.05) is 49.2 Å². The number of aromatic nitrogens is 1. The van der Waals surface area contributed by atoms with E-state index < -0.39 is 12.0 Å². The molecule has 5 heteroatoms. The second-order valence-corrected chi connectivity index (χ2v) is 6.19. The molecule has 1 atom stereocenters. The second-order valence-electron chi connectivity index (χ2n) is 6.19. The van der Waals surface area contributed by atoms with Crippen LogP contribution in [0.25, 0.3) is 0 Å². The SMILES string of the molecule is Cc1cnc(CCN2CCOc3ccccc3C2C(=O)O)c(C)c1. The summed E-state index contributed by atoms with van der Waals surface area (Å²) in [6.45, 7) is 5.77. The first kappa shape index (κ1) is 16.5. The van der Waals surface area contributed by atoms with Crippen LogP contribution < -0.4 is 4.74 Å².